The Labute approximate surface area is 99.9 Å². The van der Waals surface area contributed by atoms with Crippen molar-refractivity contribution >= 4 is 45.2 Å². The van der Waals surface area contributed by atoms with E-state index in [0.717, 1.165) is 0 Å². The van der Waals surface area contributed by atoms with Gasteiger partial charge in [0.05, 0.1) is 7.14 Å². The molecule has 0 aliphatic rings. The Bertz CT molecular complexity index is 291. The van der Waals surface area contributed by atoms with Crippen LogP contribution in [0.15, 0.2) is 18.2 Å². The lowest BCUT2D eigenvalue weighted by atomic mass is 10.3. The highest BCUT2D eigenvalue weighted by Gasteiger charge is 2.32. The van der Waals surface area contributed by atoms with Crippen LogP contribution in [-0.4, -0.2) is 6.36 Å². The molecule has 0 saturated heterocycles. The van der Waals surface area contributed by atoms with Crippen LogP contribution in [0.3, 0.4) is 0 Å². The van der Waals surface area contributed by atoms with Gasteiger partial charge in [-0.3, -0.25) is 0 Å². The van der Waals surface area contributed by atoms with Crippen molar-refractivity contribution in [2.75, 3.05) is 0 Å². The quantitative estimate of drug-likeness (QED) is 0.636. The third-order valence-corrected chi connectivity index (χ3v) is 2.84. The summed E-state index contributed by atoms with van der Waals surface area (Å²) in [5.74, 6) is -0.129. The molecule has 0 aliphatic heterocycles. The average Bonchev–Trinajstić information content (AvgIpc) is 1.95. The van der Waals surface area contributed by atoms with Crippen LogP contribution in [0.1, 0.15) is 0 Å². The molecular formula is C7H3F3I2O. The molecule has 1 rings (SSSR count). The Balaban J connectivity index is 3.00. The molecule has 13 heavy (non-hydrogen) atoms. The van der Waals surface area contributed by atoms with Gasteiger partial charge >= 0.3 is 6.36 Å². The van der Waals surface area contributed by atoms with Gasteiger partial charge in [-0.2, -0.15) is 0 Å². The van der Waals surface area contributed by atoms with E-state index in [1.807, 2.05) is 0 Å². The Morgan fingerprint density at radius 1 is 1.08 bits per heavy atom. The maximum Gasteiger partial charge on any atom is 0.573 e. The number of hydrogen-bond donors (Lipinski definition) is 0. The molecule has 0 fully saturated rings. The first kappa shape index (κ1) is 11.3. The number of ether oxygens (including phenoxy) is 1. The largest absolute Gasteiger partial charge is 0.573 e. The van der Waals surface area contributed by atoms with E-state index in [-0.39, 0.29) is 5.75 Å². The Hall–Kier alpha value is 0.270. The van der Waals surface area contributed by atoms with Crippen LogP contribution in [0.25, 0.3) is 0 Å². The average molecular weight is 414 g/mol. The molecule has 0 unspecified atom stereocenters. The van der Waals surface area contributed by atoms with E-state index in [9.17, 15) is 13.2 Å². The van der Waals surface area contributed by atoms with Crippen molar-refractivity contribution in [2.24, 2.45) is 0 Å². The number of para-hydroxylation sites is 1. The van der Waals surface area contributed by atoms with Gasteiger partial charge in [-0.25, -0.2) is 0 Å². The highest BCUT2D eigenvalue weighted by Crippen LogP contribution is 2.31. The Morgan fingerprint density at radius 2 is 1.54 bits per heavy atom. The standard InChI is InChI=1S/C7H3F3I2O/c8-7(9,10)13-6-4(11)2-1-3-5(6)12/h1-3H. The first-order valence-electron chi connectivity index (χ1n) is 3.10. The first-order valence-corrected chi connectivity index (χ1v) is 5.25. The van der Waals surface area contributed by atoms with Gasteiger partial charge in [0, 0.05) is 0 Å². The zero-order chi connectivity index (χ0) is 10.1. The Morgan fingerprint density at radius 3 is 1.92 bits per heavy atom. The van der Waals surface area contributed by atoms with E-state index in [1.165, 1.54) is 0 Å². The number of halogens is 5. The van der Waals surface area contributed by atoms with Crippen LogP contribution in [-0.2, 0) is 0 Å². The third kappa shape index (κ3) is 3.49. The number of alkyl halides is 3. The molecule has 0 amide bonds. The molecule has 0 aromatic heterocycles. The molecule has 1 aromatic rings. The van der Waals surface area contributed by atoms with Crippen molar-refractivity contribution < 1.29 is 17.9 Å². The molecule has 0 N–H and O–H groups in total. The summed E-state index contributed by atoms with van der Waals surface area (Å²) in [5, 5.41) is 0. The minimum absolute atomic E-state index is 0.129. The Kier molecular flexibility index (Phi) is 3.66. The van der Waals surface area contributed by atoms with Crippen molar-refractivity contribution in [3.63, 3.8) is 0 Å². The van der Waals surface area contributed by atoms with Crippen molar-refractivity contribution in [1.82, 2.24) is 0 Å². The molecule has 0 aliphatic carbocycles. The van der Waals surface area contributed by atoms with Crippen LogP contribution < -0.4 is 4.74 Å². The fourth-order valence-electron chi connectivity index (χ4n) is 0.696. The van der Waals surface area contributed by atoms with Gasteiger partial charge in [0.2, 0.25) is 0 Å². The lowest BCUT2D eigenvalue weighted by molar-refractivity contribution is -0.275. The second kappa shape index (κ2) is 4.20. The van der Waals surface area contributed by atoms with E-state index in [1.54, 1.807) is 63.4 Å². The van der Waals surface area contributed by atoms with E-state index in [2.05, 4.69) is 4.74 Å². The summed E-state index contributed by atoms with van der Waals surface area (Å²) in [6.45, 7) is 0. The monoisotopic (exact) mass is 414 g/mol. The van der Waals surface area contributed by atoms with Crippen LogP contribution in [0.2, 0.25) is 0 Å². The van der Waals surface area contributed by atoms with E-state index in [4.69, 9.17) is 0 Å². The smallest absolute Gasteiger partial charge is 0.404 e. The predicted octanol–water partition coefficient (Wildman–Crippen LogP) is 3.79. The lowest BCUT2D eigenvalue weighted by Gasteiger charge is -2.11. The van der Waals surface area contributed by atoms with Crippen molar-refractivity contribution in [2.45, 2.75) is 6.36 Å². The molecule has 0 radical (unpaired) electrons. The molecule has 0 heterocycles. The lowest BCUT2D eigenvalue weighted by Crippen LogP contribution is -2.18. The number of benzene rings is 1. The van der Waals surface area contributed by atoms with Gasteiger partial charge < -0.3 is 4.74 Å². The summed E-state index contributed by atoms with van der Waals surface area (Å²) in [7, 11) is 0. The summed E-state index contributed by atoms with van der Waals surface area (Å²) in [5.41, 5.74) is 0. The maximum atomic E-state index is 11.9. The SMILES string of the molecule is FC(F)(F)Oc1c(I)cccc1I. The molecule has 6 heteroatoms. The molecule has 0 spiro atoms. The molecule has 1 nitrogen and oxygen atoms in total. The highest BCUT2D eigenvalue weighted by molar-refractivity contribution is 14.1. The second-order valence-electron chi connectivity index (χ2n) is 2.10. The fourth-order valence-corrected chi connectivity index (χ4v) is 2.43. The number of hydrogen-bond acceptors (Lipinski definition) is 1. The molecule has 0 bridgehead atoms. The van der Waals surface area contributed by atoms with Crippen LogP contribution in [0.4, 0.5) is 13.2 Å². The van der Waals surface area contributed by atoms with Crippen LogP contribution in [0.5, 0.6) is 5.75 Å². The van der Waals surface area contributed by atoms with E-state index < -0.39 is 6.36 Å². The topological polar surface area (TPSA) is 9.23 Å². The van der Waals surface area contributed by atoms with Crippen molar-refractivity contribution in [3.05, 3.63) is 25.3 Å². The number of rotatable bonds is 1. The van der Waals surface area contributed by atoms with Gasteiger partial charge in [0.1, 0.15) is 0 Å². The predicted molar refractivity (Wildman–Crippen MR) is 58.6 cm³/mol. The molecular weight excluding hydrogens is 411 g/mol. The minimum atomic E-state index is -4.62. The van der Waals surface area contributed by atoms with Crippen molar-refractivity contribution in [1.29, 1.82) is 0 Å². The first-order chi connectivity index (χ1) is 5.90. The zero-order valence-corrected chi connectivity index (χ0v) is 10.3. The van der Waals surface area contributed by atoms with Crippen molar-refractivity contribution in [3.8, 4) is 5.75 Å². The second-order valence-corrected chi connectivity index (χ2v) is 4.42. The maximum absolute atomic E-state index is 11.9. The minimum Gasteiger partial charge on any atom is -0.404 e. The normalized spacial score (nSPS) is 11.5. The van der Waals surface area contributed by atoms with E-state index in [0.29, 0.717) is 7.14 Å². The summed E-state index contributed by atoms with van der Waals surface area (Å²) in [6.07, 6.45) is -4.62. The van der Waals surface area contributed by atoms with Gasteiger partial charge in [-0.1, -0.05) is 6.07 Å². The van der Waals surface area contributed by atoms with Gasteiger partial charge in [-0.05, 0) is 57.3 Å². The zero-order valence-electron chi connectivity index (χ0n) is 6.03. The summed E-state index contributed by atoms with van der Waals surface area (Å²) in [4.78, 5) is 0. The van der Waals surface area contributed by atoms with Gasteiger partial charge in [-0.15, -0.1) is 13.2 Å². The van der Waals surface area contributed by atoms with Gasteiger partial charge in [0.25, 0.3) is 0 Å². The van der Waals surface area contributed by atoms with Crippen LogP contribution >= 0.6 is 45.2 Å². The highest BCUT2D eigenvalue weighted by atomic mass is 127. The molecule has 0 saturated carbocycles. The fraction of sp³-hybridized carbons (Fsp3) is 0.143. The summed E-state index contributed by atoms with van der Waals surface area (Å²) >= 11 is 3.59. The molecule has 1 aromatic carbocycles. The third-order valence-electron chi connectivity index (χ3n) is 1.14. The summed E-state index contributed by atoms with van der Waals surface area (Å²) in [6, 6.07) is 4.79. The van der Waals surface area contributed by atoms with E-state index >= 15 is 0 Å². The molecule has 0 atom stereocenters. The summed E-state index contributed by atoms with van der Waals surface area (Å²) < 4.78 is 40.4. The molecule has 72 valence electrons. The van der Waals surface area contributed by atoms with Gasteiger partial charge in [0.15, 0.2) is 5.75 Å². The van der Waals surface area contributed by atoms with Crippen LogP contribution in [0, 0.1) is 7.14 Å².